The van der Waals surface area contributed by atoms with Crippen LogP contribution in [-0.4, -0.2) is 92.2 Å². The van der Waals surface area contributed by atoms with Crippen LogP contribution in [-0.2, 0) is 23.8 Å². The van der Waals surface area contributed by atoms with Gasteiger partial charge in [-0.3, -0.25) is 9.69 Å². The maximum atomic E-state index is 14.4. The third kappa shape index (κ3) is 6.51. The molecule has 0 unspecified atom stereocenters. The van der Waals surface area contributed by atoms with Gasteiger partial charge in [0.15, 0.2) is 5.82 Å². The molecule has 0 aromatic carbocycles. The summed E-state index contributed by atoms with van der Waals surface area (Å²) in [6, 6.07) is 1.46. The van der Waals surface area contributed by atoms with Crippen molar-refractivity contribution in [2.24, 2.45) is 5.92 Å². The van der Waals surface area contributed by atoms with Gasteiger partial charge in [-0.2, -0.15) is 28.1 Å². The number of pyridine rings is 1. The minimum absolute atomic E-state index is 0.0350. The van der Waals surface area contributed by atoms with Gasteiger partial charge >= 0.3 is 12.2 Å². The molecule has 0 bridgehead atoms. The molecule has 12 nitrogen and oxygen atoms in total. The number of alkyl halides is 3. The van der Waals surface area contributed by atoms with E-state index in [0.29, 0.717) is 49.9 Å². The smallest absolute Gasteiger partial charge is 0.418 e. The molecular formula is C35H44F3N9O3. The second-order valence-electron chi connectivity index (χ2n) is 14.4. The van der Waals surface area contributed by atoms with Crippen LogP contribution in [0.25, 0.3) is 6.08 Å². The Hall–Kier alpha value is -4.27. The standard InChI is InChI=1S/C35H44F3N9O3/c1-20-15-25-26(17-24(20)31-30(35(36,37)38)21(2)16-27(39)42-31)41-33(49-19-34-10-5-12-47(34)13-6-11-34)43-32(25)45(4)23-9-14-46(18-23)29(48)8-7-28-40-22(3)44-50-28/h7-8,16,20,23-24H,5-6,9-15,17-19H2,1-4H3,(H2,39,42)/b8-7+/t20-,23+,24-/m0/s1. The zero-order valence-electron chi connectivity index (χ0n) is 29.0. The lowest BCUT2D eigenvalue weighted by molar-refractivity contribution is -0.139. The second kappa shape index (κ2) is 13.1. The molecule has 3 aromatic rings. The van der Waals surface area contributed by atoms with E-state index in [0.717, 1.165) is 44.3 Å². The number of ether oxygens (including phenoxy) is 1. The Kier molecular flexibility index (Phi) is 8.97. The molecule has 3 saturated heterocycles. The summed E-state index contributed by atoms with van der Waals surface area (Å²) in [5.74, 6) is 0.575. The Balaban J connectivity index is 1.19. The highest BCUT2D eigenvalue weighted by Gasteiger charge is 2.46. The Labute approximate surface area is 289 Å². The molecule has 0 saturated carbocycles. The van der Waals surface area contributed by atoms with Crippen LogP contribution in [0.15, 0.2) is 16.7 Å². The fourth-order valence-corrected chi connectivity index (χ4v) is 8.55. The summed E-state index contributed by atoms with van der Waals surface area (Å²) in [6.07, 6.45) is 4.12. The highest BCUT2D eigenvalue weighted by atomic mass is 19.4. The summed E-state index contributed by atoms with van der Waals surface area (Å²) in [5, 5.41) is 3.75. The predicted molar refractivity (Wildman–Crippen MR) is 179 cm³/mol. The normalized spacial score (nSPS) is 23.4. The quantitative estimate of drug-likeness (QED) is 0.327. The van der Waals surface area contributed by atoms with Crippen molar-refractivity contribution in [3.05, 3.63) is 51.9 Å². The number of likely N-dealkylation sites (N-methyl/N-ethyl adjacent to an activating group) is 1. The number of nitrogens with two attached hydrogens (primary N) is 1. The Morgan fingerprint density at radius 3 is 2.60 bits per heavy atom. The molecular weight excluding hydrogens is 651 g/mol. The molecule has 6 heterocycles. The van der Waals surface area contributed by atoms with Crippen molar-refractivity contribution in [3.8, 4) is 6.01 Å². The van der Waals surface area contributed by atoms with Gasteiger partial charge in [0, 0.05) is 49.8 Å². The van der Waals surface area contributed by atoms with Gasteiger partial charge in [-0.15, -0.1) is 0 Å². The number of aromatic nitrogens is 5. The number of nitrogens with zero attached hydrogens (tertiary/aromatic N) is 8. The average molecular weight is 696 g/mol. The summed E-state index contributed by atoms with van der Waals surface area (Å²) in [4.78, 5) is 37.7. The third-order valence-corrected chi connectivity index (χ3v) is 11.1. The number of nitrogen functional groups attached to an aromatic ring is 1. The average Bonchev–Trinajstić information content (AvgIpc) is 3.86. The van der Waals surface area contributed by atoms with Gasteiger partial charge in [0.2, 0.25) is 5.91 Å². The van der Waals surface area contributed by atoms with Gasteiger partial charge in [-0.1, -0.05) is 12.1 Å². The highest BCUT2D eigenvalue weighted by Crippen LogP contribution is 2.45. The maximum Gasteiger partial charge on any atom is 0.418 e. The van der Waals surface area contributed by atoms with Crippen LogP contribution in [0.2, 0.25) is 0 Å². The number of hydrogen-bond donors (Lipinski definition) is 1. The molecule has 0 radical (unpaired) electrons. The first-order valence-corrected chi connectivity index (χ1v) is 17.4. The molecule has 7 rings (SSSR count). The second-order valence-corrected chi connectivity index (χ2v) is 14.4. The van der Waals surface area contributed by atoms with Crippen molar-refractivity contribution in [2.45, 2.75) is 89.4 Å². The van der Waals surface area contributed by atoms with Crippen molar-refractivity contribution in [2.75, 3.05) is 50.5 Å². The number of likely N-dealkylation sites (tertiary alicyclic amines) is 1. The van der Waals surface area contributed by atoms with Gasteiger partial charge in [0.1, 0.15) is 18.2 Å². The van der Waals surface area contributed by atoms with E-state index in [2.05, 4.69) is 24.9 Å². The molecule has 4 aliphatic rings. The van der Waals surface area contributed by atoms with E-state index < -0.39 is 17.7 Å². The van der Waals surface area contributed by atoms with Crippen molar-refractivity contribution in [3.63, 3.8) is 0 Å². The van der Waals surface area contributed by atoms with Gasteiger partial charge in [-0.25, -0.2) is 4.98 Å². The number of rotatable bonds is 8. The van der Waals surface area contributed by atoms with E-state index >= 15 is 0 Å². The molecule has 50 heavy (non-hydrogen) atoms. The summed E-state index contributed by atoms with van der Waals surface area (Å²) >= 11 is 0. The monoisotopic (exact) mass is 695 g/mol. The number of halogens is 3. The lowest BCUT2D eigenvalue weighted by Gasteiger charge is -2.36. The van der Waals surface area contributed by atoms with E-state index in [1.54, 1.807) is 11.8 Å². The third-order valence-electron chi connectivity index (χ3n) is 11.1. The predicted octanol–water partition coefficient (Wildman–Crippen LogP) is 4.75. The van der Waals surface area contributed by atoms with E-state index in [1.165, 1.54) is 25.1 Å². The fraction of sp³-hybridized carbons (Fsp3) is 0.600. The first kappa shape index (κ1) is 34.2. The molecule has 15 heteroatoms. The highest BCUT2D eigenvalue weighted by molar-refractivity contribution is 5.91. The topological polar surface area (TPSA) is 140 Å². The van der Waals surface area contributed by atoms with Gasteiger partial charge in [0.25, 0.3) is 5.89 Å². The maximum absolute atomic E-state index is 14.4. The summed E-state index contributed by atoms with van der Waals surface area (Å²) < 4.78 is 54.8. The zero-order valence-corrected chi connectivity index (χ0v) is 29.0. The van der Waals surface area contributed by atoms with Crippen LogP contribution >= 0.6 is 0 Å². The number of anilines is 2. The summed E-state index contributed by atoms with van der Waals surface area (Å²) in [7, 11) is 1.96. The number of amides is 1. The fourth-order valence-electron chi connectivity index (χ4n) is 8.55. The van der Waals surface area contributed by atoms with Crippen LogP contribution in [0.4, 0.5) is 24.8 Å². The van der Waals surface area contributed by atoms with Gasteiger partial charge < -0.3 is 24.8 Å². The molecule has 3 aromatic heterocycles. The zero-order chi connectivity index (χ0) is 35.4. The molecule has 1 aliphatic carbocycles. The number of fused-ring (bicyclic) bond motifs is 2. The van der Waals surface area contributed by atoms with E-state index in [9.17, 15) is 18.0 Å². The van der Waals surface area contributed by atoms with E-state index in [1.807, 2.05) is 14.0 Å². The van der Waals surface area contributed by atoms with Crippen molar-refractivity contribution >= 4 is 23.6 Å². The van der Waals surface area contributed by atoms with Crippen molar-refractivity contribution < 1.29 is 27.2 Å². The van der Waals surface area contributed by atoms with Crippen LogP contribution < -0.4 is 15.4 Å². The Morgan fingerprint density at radius 2 is 1.90 bits per heavy atom. The van der Waals surface area contributed by atoms with Crippen molar-refractivity contribution in [1.82, 2.24) is 34.9 Å². The molecule has 3 fully saturated rings. The van der Waals surface area contributed by atoms with Gasteiger partial charge in [-0.05, 0) is 89.4 Å². The number of carbonyl (C=O) groups is 1. The first-order chi connectivity index (χ1) is 23.8. The minimum Gasteiger partial charge on any atom is -0.461 e. The van der Waals surface area contributed by atoms with Crippen LogP contribution in [0.1, 0.15) is 84.7 Å². The van der Waals surface area contributed by atoms with Crippen molar-refractivity contribution in [1.29, 1.82) is 0 Å². The molecule has 0 spiro atoms. The summed E-state index contributed by atoms with van der Waals surface area (Å²) in [6.45, 7) is 8.67. The van der Waals surface area contributed by atoms with E-state index in [4.69, 9.17) is 25.0 Å². The Morgan fingerprint density at radius 1 is 1.14 bits per heavy atom. The summed E-state index contributed by atoms with van der Waals surface area (Å²) in [5.41, 5.74) is 6.83. The first-order valence-electron chi connectivity index (χ1n) is 17.4. The van der Waals surface area contributed by atoms with Crippen LogP contribution in [0, 0.1) is 19.8 Å². The largest absolute Gasteiger partial charge is 0.461 e. The lowest BCUT2D eigenvalue weighted by Crippen LogP contribution is -2.43. The minimum atomic E-state index is -4.58. The molecule has 3 atom stereocenters. The SMILES string of the molecule is Cc1noc(/C=C/C(=O)N2CC[C@@H](N(C)c3nc(OCC45CCCN4CCC5)nc4c3C[C@H](C)[C@@H](c3nc(N)cc(C)c3C(F)(F)F)C4)C2)n1. The molecule has 268 valence electrons. The molecule has 1 amide bonds. The lowest BCUT2D eigenvalue weighted by atomic mass is 9.75. The number of aryl methyl sites for hydroxylation is 2. The van der Waals surface area contributed by atoms with Gasteiger partial charge in [0.05, 0.1) is 22.5 Å². The molecule has 2 N–H and O–H groups in total. The van der Waals surface area contributed by atoms with Crippen LogP contribution in [0.3, 0.4) is 0 Å². The number of hydrogen-bond acceptors (Lipinski definition) is 11. The molecule has 3 aliphatic heterocycles. The number of carbonyl (C=O) groups excluding carboxylic acids is 1. The Bertz CT molecular complexity index is 1780. The van der Waals surface area contributed by atoms with E-state index in [-0.39, 0.29) is 58.8 Å². The van der Waals surface area contributed by atoms with Crippen LogP contribution in [0.5, 0.6) is 6.01 Å².